The minimum Gasteiger partial charge on any atom is -0.492 e. The molecule has 0 saturated carbocycles. The molecule has 4 amide bonds. The SMILES string of the molecule is CN(CCOc1ccc(Cl)cc1)CN1C(=O)C(=O)N(Cc2cccs2)C1=O. The Kier molecular flexibility index (Phi) is 6.10. The Morgan fingerprint density at radius 1 is 1.07 bits per heavy atom. The van der Waals surface area contributed by atoms with Crippen molar-refractivity contribution in [1.29, 1.82) is 0 Å². The second kappa shape index (κ2) is 8.51. The second-order valence-corrected chi connectivity index (χ2v) is 7.48. The first kappa shape index (κ1) is 19.3. The van der Waals surface area contributed by atoms with Crippen LogP contribution in [0.1, 0.15) is 4.88 Å². The quantitative estimate of drug-likeness (QED) is 0.497. The maximum Gasteiger partial charge on any atom is 0.335 e. The number of amides is 4. The molecule has 0 bridgehead atoms. The molecular weight excluding hydrogens is 390 g/mol. The first-order valence-corrected chi connectivity index (χ1v) is 9.48. The second-order valence-electron chi connectivity index (χ2n) is 6.01. The maximum atomic E-state index is 12.5. The smallest absolute Gasteiger partial charge is 0.335 e. The number of likely N-dealkylation sites (N-methyl/N-ethyl adjacent to an activating group) is 1. The summed E-state index contributed by atoms with van der Waals surface area (Å²) in [4.78, 5) is 41.3. The monoisotopic (exact) mass is 407 g/mol. The zero-order valence-corrected chi connectivity index (χ0v) is 16.2. The van der Waals surface area contributed by atoms with Crippen molar-refractivity contribution in [2.75, 3.05) is 26.9 Å². The molecule has 27 heavy (non-hydrogen) atoms. The van der Waals surface area contributed by atoms with E-state index in [1.807, 2.05) is 17.5 Å². The van der Waals surface area contributed by atoms with Gasteiger partial charge in [0.15, 0.2) is 0 Å². The van der Waals surface area contributed by atoms with E-state index in [-0.39, 0.29) is 13.2 Å². The molecule has 142 valence electrons. The van der Waals surface area contributed by atoms with E-state index < -0.39 is 17.8 Å². The van der Waals surface area contributed by atoms with Crippen molar-refractivity contribution in [3.8, 4) is 5.75 Å². The van der Waals surface area contributed by atoms with Crippen LogP contribution in [-0.2, 0) is 16.1 Å². The van der Waals surface area contributed by atoms with E-state index in [4.69, 9.17) is 16.3 Å². The summed E-state index contributed by atoms with van der Waals surface area (Å²) in [6.45, 7) is 0.968. The van der Waals surface area contributed by atoms with E-state index in [0.29, 0.717) is 23.9 Å². The van der Waals surface area contributed by atoms with Gasteiger partial charge >= 0.3 is 17.8 Å². The fourth-order valence-corrected chi connectivity index (χ4v) is 3.35. The lowest BCUT2D eigenvalue weighted by Crippen LogP contribution is -2.41. The summed E-state index contributed by atoms with van der Waals surface area (Å²) in [5, 5.41) is 2.48. The molecule has 9 heteroatoms. The molecule has 0 aliphatic carbocycles. The summed E-state index contributed by atoms with van der Waals surface area (Å²) >= 11 is 7.25. The number of thiophene rings is 1. The van der Waals surface area contributed by atoms with Gasteiger partial charge in [0.2, 0.25) is 0 Å². The number of halogens is 1. The van der Waals surface area contributed by atoms with Gasteiger partial charge in [-0.05, 0) is 42.8 Å². The van der Waals surface area contributed by atoms with Gasteiger partial charge in [0.1, 0.15) is 12.4 Å². The van der Waals surface area contributed by atoms with E-state index in [1.165, 1.54) is 11.3 Å². The van der Waals surface area contributed by atoms with Gasteiger partial charge in [0.05, 0.1) is 13.2 Å². The van der Waals surface area contributed by atoms with Crippen LogP contribution in [0.4, 0.5) is 4.79 Å². The van der Waals surface area contributed by atoms with Gasteiger partial charge in [0.25, 0.3) is 0 Å². The van der Waals surface area contributed by atoms with Crippen molar-refractivity contribution in [3.05, 3.63) is 51.7 Å². The summed E-state index contributed by atoms with van der Waals surface area (Å²) in [7, 11) is 1.75. The van der Waals surface area contributed by atoms with Gasteiger partial charge in [-0.15, -0.1) is 11.3 Å². The zero-order valence-electron chi connectivity index (χ0n) is 14.6. The van der Waals surface area contributed by atoms with Crippen LogP contribution in [0.2, 0.25) is 5.02 Å². The van der Waals surface area contributed by atoms with Crippen LogP contribution in [0.25, 0.3) is 0 Å². The standard InChI is InChI=1S/C18H18ClN3O4S/c1-20(8-9-26-14-6-4-13(19)5-7-14)12-22-17(24)16(23)21(18(22)25)11-15-3-2-10-27-15/h2-7,10H,8-9,11-12H2,1H3. The first-order chi connectivity index (χ1) is 13.0. The number of nitrogens with zero attached hydrogens (tertiary/aromatic N) is 3. The molecule has 0 radical (unpaired) electrons. The van der Waals surface area contributed by atoms with Gasteiger partial charge in [-0.3, -0.25) is 19.4 Å². The largest absolute Gasteiger partial charge is 0.492 e. The molecule has 1 fully saturated rings. The van der Waals surface area contributed by atoms with Crippen LogP contribution in [0, 0.1) is 0 Å². The number of urea groups is 1. The third kappa shape index (κ3) is 4.65. The molecule has 1 aromatic heterocycles. The Morgan fingerprint density at radius 3 is 2.44 bits per heavy atom. The van der Waals surface area contributed by atoms with Gasteiger partial charge in [-0.1, -0.05) is 17.7 Å². The van der Waals surface area contributed by atoms with Crippen LogP contribution in [-0.4, -0.2) is 59.4 Å². The lowest BCUT2D eigenvalue weighted by atomic mass is 10.3. The minimum atomic E-state index is -0.804. The molecule has 0 unspecified atom stereocenters. The molecule has 0 atom stereocenters. The summed E-state index contributed by atoms with van der Waals surface area (Å²) in [6, 6.07) is 10.0. The van der Waals surface area contributed by atoms with Crippen LogP contribution in [0.15, 0.2) is 41.8 Å². The van der Waals surface area contributed by atoms with E-state index in [9.17, 15) is 14.4 Å². The predicted molar refractivity (Wildman–Crippen MR) is 102 cm³/mol. The number of hydrogen-bond donors (Lipinski definition) is 0. The molecule has 0 spiro atoms. The maximum absolute atomic E-state index is 12.5. The van der Waals surface area contributed by atoms with E-state index >= 15 is 0 Å². The highest BCUT2D eigenvalue weighted by molar-refractivity contribution is 7.09. The Bertz CT molecular complexity index is 826. The molecule has 1 aliphatic rings. The van der Waals surface area contributed by atoms with Crippen LogP contribution in [0.3, 0.4) is 0 Å². The van der Waals surface area contributed by atoms with Crippen molar-refractivity contribution in [1.82, 2.24) is 14.7 Å². The Labute approximate surface area is 165 Å². The molecule has 2 heterocycles. The number of hydrogen-bond acceptors (Lipinski definition) is 6. The predicted octanol–water partition coefficient (Wildman–Crippen LogP) is 2.66. The van der Waals surface area contributed by atoms with Crippen molar-refractivity contribution in [2.24, 2.45) is 0 Å². The first-order valence-electron chi connectivity index (χ1n) is 8.22. The average Bonchev–Trinajstić information content (AvgIpc) is 3.23. The number of carbonyl (C=O) groups is 3. The lowest BCUT2D eigenvalue weighted by Gasteiger charge is -2.22. The van der Waals surface area contributed by atoms with Crippen LogP contribution < -0.4 is 4.74 Å². The lowest BCUT2D eigenvalue weighted by molar-refractivity contribution is -0.144. The minimum absolute atomic E-state index is 0.0221. The molecule has 7 nitrogen and oxygen atoms in total. The zero-order chi connectivity index (χ0) is 19.4. The third-order valence-corrected chi connectivity index (χ3v) is 5.08. The normalized spacial score (nSPS) is 14.6. The van der Waals surface area contributed by atoms with Crippen molar-refractivity contribution < 1.29 is 19.1 Å². The molecule has 2 aromatic rings. The highest BCUT2D eigenvalue weighted by atomic mass is 35.5. The van der Waals surface area contributed by atoms with E-state index in [1.54, 1.807) is 36.2 Å². The number of rotatable bonds is 8. The van der Waals surface area contributed by atoms with Gasteiger partial charge < -0.3 is 4.74 Å². The van der Waals surface area contributed by atoms with Gasteiger partial charge in [-0.25, -0.2) is 9.69 Å². The summed E-state index contributed by atoms with van der Waals surface area (Å²) in [6.07, 6.45) is 0. The third-order valence-electron chi connectivity index (χ3n) is 3.97. The molecule has 1 aromatic carbocycles. The average molecular weight is 408 g/mol. The van der Waals surface area contributed by atoms with Crippen LogP contribution >= 0.6 is 22.9 Å². The Balaban J connectivity index is 1.51. The molecule has 1 saturated heterocycles. The Morgan fingerprint density at radius 2 is 1.78 bits per heavy atom. The van der Waals surface area contributed by atoms with Gasteiger partial charge in [-0.2, -0.15) is 0 Å². The fourth-order valence-electron chi connectivity index (χ4n) is 2.54. The topological polar surface area (TPSA) is 70.2 Å². The fraction of sp³-hybridized carbons (Fsp3) is 0.278. The summed E-state index contributed by atoms with van der Waals surface area (Å²) < 4.78 is 5.60. The molecule has 3 rings (SSSR count). The Hall–Kier alpha value is -2.42. The number of carbonyl (C=O) groups excluding carboxylic acids is 3. The molecular formula is C18H18ClN3O4S. The van der Waals surface area contributed by atoms with Crippen molar-refractivity contribution >= 4 is 40.8 Å². The van der Waals surface area contributed by atoms with Crippen molar-refractivity contribution in [2.45, 2.75) is 6.54 Å². The number of imide groups is 2. The van der Waals surface area contributed by atoms with Gasteiger partial charge in [0, 0.05) is 16.4 Å². The molecule has 0 N–H and O–H groups in total. The summed E-state index contributed by atoms with van der Waals surface area (Å²) in [5.41, 5.74) is 0. The van der Waals surface area contributed by atoms with Crippen LogP contribution in [0.5, 0.6) is 5.75 Å². The molecule has 1 aliphatic heterocycles. The number of ether oxygens (including phenoxy) is 1. The van der Waals surface area contributed by atoms with E-state index in [2.05, 4.69) is 0 Å². The number of benzene rings is 1. The highest BCUT2D eigenvalue weighted by Gasteiger charge is 2.44. The summed E-state index contributed by atoms with van der Waals surface area (Å²) in [5.74, 6) is -0.917. The van der Waals surface area contributed by atoms with E-state index in [0.717, 1.165) is 14.7 Å². The van der Waals surface area contributed by atoms with Crippen molar-refractivity contribution in [3.63, 3.8) is 0 Å². The highest BCUT2D eigenvalue weighted by Crippen LogP contribution is 2.19.